The molecule has 0 heterocycles. The van der Waals surface area contributed by atoms with Crippen LogP contribution in [0, 0.1) is 10.1 Å². The third kappa shape index (κ3) is 2270. The minimum Gasteiger partial charge on any atom is -1.00 e. The normalized spacial score (nSPS) is 2.67. The van der Waals surface area contributed by atoms with E-state index in [-0.39, 0.29) is 58.2 Å². The molecule has 0 rings (SSSR count). The molecule has 0 saturated carbocycles. The second-order valence-electron chi connectivity index (χ2n) is 0.238. The van der Waals surface area contributed by atoms with E-state index in [1.165, 1.54) is 0 Å². The van der Waals surface area contributed by atoms with Crippen molar-refractivity contribution in [2.45, 2.75) is 0 Å². The van der Waals surface area contributed by atoms with E-state index in [2.05, 4.69) is 0 Å². The summed E-state index contributed by atoms with van der Waals surface area (Å²) in [6, 6.07) is 0. The minimum atomic E-state index is -1.50. The predicted octanol–water partition coefficient (Wildman–Crippen LogP) is -6.02. The smallest absolute Gasteiger partial charge is 1.00 e. The van der Waals surface area contributed by atoms with Crippen molar-refractivity contribution in [1.82, 2.24) is 12.3 Å². The molecule has 0 spiro atoms. The Morgan fingerprint density at radius 1 is 1.22 bits per heavy atom. The molecule has 0 unspecified atom stereocenters. The summed E-state index contributed by atoms with van der Waals surface area (Å²) in [5, 5.41) is 13.6. The zero-order valence-corrected chi connectivity index (χ0v) is 7.98. The molecule has 0 aromatic heterocycles. The molecule has 0 amide bonds. The fourth-order valence-corrected chi connectivity index (χ4v) is 0. The SMILES string of the molecule is N.N.O=[N+]([O-])O.[Cl-].[Cl-].[Pt+2]. The Balaban J connectivity index is -0.00000000450. The molecule has 0 aliphatic carbocycles. The zero-order valence-electron chi connectivity index (χ0n) is 4.20. The molecule has 0 aromatic carbocycles. The van der Waals surface area contributed by atoms with Crippen LogP contribution in [0.25, 0.3) is 0 Å². The summed E-state index contributed by atoms with van der Waals surface area (Å²) in [6.45, 7) is 0. The molecule has 0 fully saturated rings. The van der Waals surface area contributed by atoms with Crippen LogP contribution in [0.5, 0.6) is 0 Å². The van der Waals surface area contributed by atoms with Crippen LogP contribution in [-0.2, 0) is 21.1 Å². The van der Waals surface area contributed by atoms with Crippen LogP contribution in [0.4, 0.5) is 0 Å². The Bertz CT molecular complexity index is 40.0. The number of rotatable bonds is 0. The Hall–Kier alpha value is 0.388. The van der Waals surface area contributed by atoms with Gasteiger partial charge in [0.05, 0.1) is 0 Å². The van der Waals surface area contributed by atoms with Crippen molar-refractivity contribution in [1.29, 1.82) is 0 Å². The van der Waals surface area contributed by atoms with Gasteiger partial charge < -0.3 is 42.3 Å². The first kappa shape index (κ1) is 57.5. The van der Waals surface area contributed by atoms with E-state index in [1.54, 1.807) is 0 Å². The number of nitrogens with zero attached hydrogens (tertiary/aromatic N) is 1. The van der Waals surface area contributed by atoms with Gasteiger partial charge in [0.15, 0.2) is 0 Å². The molecule has 0 aliphatic rings. The summed E-state index contributed by atoms with van der Waals surface area (Å²) in [6.07, 6.45) is 0. The average Bonchev–Trinajstić information content (AvgIpc) is 0.811. The van der Waals surface area contributed by atoms with Gasteiger partial charge in [-0.15, -0.1) is 10.1 Å². The number of hydrogen-bond donors (Lipinski definition) is 3. The molecule has 7 N–H and O–H groups in total. The first-order valence-corrected chi connectivity index (χ1v) is 0.565. The van der Waals surface area contributed by atoms with Gasteiger partial charge in [-0.3, -0.25) is 0 Å². The van der Waals surface area contributed by atoms with Crippen LogP contribution in [-0.4, -0.2) is 10.3 Å². The molecular formula is H7Cl2N3O3Pt. The number of hydrogen-bond acceptors (Lipinski definition) is 4. The van der Waals surface area contributed by atoms with Crippen LogP contribution in [0.2, 0.25) is 0 Å². The Morgan fingerprint density at radius 3 is 1.22 bits per heavy atom. The zero-order chi connectivity index (χ0) is 3.58. The van der Waals surface area contributed by atoms with Gasteiger partial charge in [-0.1, -0.05) is 0 Å². The fourth-order valence-electron chi connectivity index (χ4n) is 0. The van der Waals surface area contributed by atoms with Crippen molar-refractivity contribution in [3.05, 3.63) is 10.1 Å². The Labute approximate surface area is 78.7 Å². The van der Waals surface area contributed by atoms with Crippen molar-refractivity contribution in [2.75, 3.05) is 0 Å². The van der Waals surface area contributed by atoms with Crippen molar-refractivity contribution < 1.29 is 56.2 Å². The van der Waals surface area contributed by atoms with E-state index in [1.807, 2.05) is 0 Å². The van der Waals surface area contributed by atoms with E-state index in [4.69, 9.17) is 15.3 Å². The maximum absolute atomic E-state index is 8.36. The molecule has 9 heavy (non-hydrogen) atoms. The van der Waals surface area contributed by atoms with Crippen LogP contribution in [0.15, 0.2) is 0 Å². The van der Waals surface area contributed by atoms with Gasteiger partial charge in [0.1, 0.15) is 0 Å². The maximum atomic E-state index is 8.36. The van der Waals surface area contributed by atoms with Crippen molar-refractivity contribution in [2.24, 2.45) is 0 Å². The fraction of sp³-hybridized carbons (Fsp3) is 0. The van der Waals surface area contributed by atoms with Crippen molar-refractivity contribution in [3.63, 3.8) is 0 Å². The summed E-state index contributed by atoms with van der Waals surface area (Å²) in [5.74, 6) is 0. The second-order valence-corrected chi connectivity index (χ2v) is 0.238. The van der Waals surface area contributed by atoms with E-state index in [0.717, 1.165) is 0 Å². The minimum absolute atomic E-state index is 0. The monoisotopic (exact) mass is 362 g/mol. The first-order valence-electron chi connectivity index (χ1n) is 0.565. The first-order chi connectivity index (χ1) is 1.73. The van der Waals surface area contributed by atoms with Gasteiger partial charge in [0.2, 0.25) is 0 Å². The largest absolute Gasteiger partial charge is 2.00 e. The van der Waals surface area contributed by atoms with Crippen molar-refractivity contribution in [3.8, 4) is 0 Å². The van der Waals surface area contributed by atoms with Crippen LogP contribution < -0.4 is 37.1 Å². The Kier molecular flexibility index (Phi) is 255. The van der Waals surface area contributed by atoms with Gasteiger partial charge in [-0.2, -0.15) is 0 Å². The molecule has 0 aromatic rings. The predicted molar refractivity (Wildman–Crippen MR) is 18.8 cm³/mol. The standard InChI is InChI=1S/2ClH.HNO3.2H3N.Pt/c;;2-1(3)4;;;/h2*1H;(H,2,3,4);2*1H3;/q;;;;;+2/p-2. The van der Waals surface area contributed by atoms with E-state index in [0.29, 0.717) is 0 Å². The van der Waals surface area contributed by atoms with Gasteiger partial charge >= 0.3 is 21.1 Å². The van der Waals surface area contributed by atoms with Gasteiger partial charge in [-0.25, -0.2) is 0 Å². The average molecular weight is 363 g/mol. The number of halogens is 2. The summed E-state index contributed by atoms with van der Waals surface area (Å²) in [4.78, 5) is 8.36. The van der Waals surface area contributed by atoms with Gasteiger partial charge in [0, 0.05) is 0 Å². The van der Waals surface area contributed by atoms with E-state index < -0.39 is 5.09 Å². The molecule has 0 aliphatic heterocycles. The van der Waals surface area contributed by atoms with Gasteiger partial charge in [-0.05, 0) is 0 Å². The molecule has 0 bridgehead atoms. The van der Waals surface area contributed by atoms with Crippen LogP contribution in [0.3, 0.4) is 0 Å². The summed E-state index contributed by atoms with van der Waals surface area (Å²) in [7, 11) is 0. The summed E-state index contributed by atoms with van der Waals surface area (Å²) >= 11 is 0. The van der Waals surface area contributed by atoms with E-state index in [9.17, 15) is 0 Å². The third-order valence-corrected chi connectivity index (χ3v) is 0. The quantitative estimate of drug-likeness (QED) is 0.291. The summed E-state index contributed by atoms with van der Waals surface area (Å²) < 4.78 is 0. The summed E-state index contributed by atoms with van der Waals surface area (Å²) in [5.41, 5.74) is 0. The van der Waals surface area contributed by atoms with Crippen LogP contribution in [0.1, 0.15) is 0 Å². The molecule has 0 saturated heterocycles. The topological polar surface area (TPSA) is 133 Å². The van der Waals surface area contributed by atoms with Crippen LogP contribution >= 0.6 is 0 Å². The maximum Gasteiger partial charge on any atom is 2.00 e. The van der Waals surface area contributed by atoms with Gasteiger partial charge in [0.25, 0.3) is 5.09 Å². The molecule has 0 radical (unpaired) electrons. The molecule has 6 nitrogen and oxygen atoms in total. The molecule has 0 atom stereocenters. The molecule has 64 valence electrons. The van der Waals surface area contributed by atoms with E-state index >= 15 is 0 Å². The second kappa shape index (κ2) is 39.9. The Morgan fingerprint density at radius 2 is 1.22 bits per heavy atom. The van der Waals surface area contributed by atoms with Crippen molar-refractivity contribution >= 4 is 0 Å². The third-order valence-electron chi connectivity index (χ3n) is 0. The molecule has 9 heteroatoms. The molecular weight excluding hydrogens is 356 g/mol.